The van der Waals surface area contributed by atoms with E-state index < -0.39 is 10.0 Å². The molecule has 0 bridgehead atoms. The summed E-state index contributed by atoms with van der Waals surface area (Å²) in [6.07, 6.45) is 1.92. The average Bonchev–Trinajstić information content (AvgIpc) is 2.89. The maximum Gasteiger partial charge on any atom is 0.214 e. The van der Waals surface area contributed by atoms with Crippen LogP contribution in [0, 0.1) is 5.92 Å². The van der Waals surface area contributed by atoms with Gasteiger partial charge in [0.15, 0.2) is 0 Å². The fourth-order valence-electron chi connectivity index (χ4n) is 2.60. The molecule has 1 aliphatic rings. The molecule has 2 heterocycles. The monoisotopic (exact) mass is 316 g/mol. The Morgan fingerprint density at radius 2 is 2.10 bits per heavy atom. The largest absolute Gasteiger partial charge is 0.317 e. The molecule has 0 saturated carbocycles. The Morgan fingerprint density at radius 3 is 2.65 bits per heavy atom. The van der Waals surface area contributed by atoms with Crippen molar-refractivity contribution in [1.82, 2.24) is 9.62 Å². The minimum atomic E-state index is -3.19. The summed E-state index contributed by atoms with van der Waals surface area (Å²) in [6, 6.07) is 3.97. The zero-order valence-corrected chi connectivity index (χ0v) is 13.8. The standard InChI is InChI=1S/C14H24N2O2S2/c1-12(2)16(10-14-4-3-9-19-14)20(17,18)11-13-5-7-15-8-6-13/h3-4,9,12-13,15H,5-8,10-11H2,1-2H3. The molecule has 0 unspecified atom stereocenters. The van der Waals surface area contributed by atoms with Crippen molar-refractivity contribution in [3.8, 4) is 0 Å². The lowest BCUT2D eigenvalue weighted by Gasteiger charge is -2.29. The molecule has 1 fully saturated rings. The number of nitrogens with one attached hydrogen (secondary N) is 1. The highest BCUT2D eigenvalue weighted by Gasteiger charge is 2.29. The second-order valence-corrected chi connectivity index (χ2v) is 8.69. The van der Waals surface area contributed by atoms with E-state index in [1.165, 1.54) is 0 Å². The van der Waals surface area contributed by atoms with Gasteiger partial charge in [-0.2, -0.15) is 4.31 Å². The van der Waals surface area contributed by atoms with Crippen LogP contribution in [0.1, 0.15) is 31.6 Å². The molecule has 0 spiro atoms. The number of piperidine rings is 1. The van der Waals surface area contributed by atoms with Gasteiger partial charge in [-0.05, 0) is 57.1 Å². The van der Waals surface area contributed by atoms with Gasteiger partial charge in [-0.1, -0.05) is 6.07 Å². The molecule has 114 valence electrons. The smallest absolute Gasteiger partial charge is 0.214 e. The lowest BCUT2D eigenvalue weighted by Crippen LogP contribution is -2.41. The van der Waals surface area contributed by atoms with Crippen molar-refractivity contribution in [1.29, 1.82) is 0 Å². The molecule has 0 radical (unpaired) electrons. The second kappa shape index (κ2) is 7.02. The average molecular weight is 316 g/mol. The number of hydrogen-bond acceptors (Lipinski definition) is 4. The first-order valence-corrected chi connectivity index (χ1v) is 9.70. The Balaban J connectivity index is 2.06. The van der Waals surface area contributed by atoms with Crippen LogP contribution in [-0.2, 0) is 16.6 Å². The van der Waals surface area contributed by atoms with Gasteiger partial charge in [0.2, 0.25) is 10.0 Å². The van der Waals surface area contributed by atoms with Crippen LogP contribution in [0.15, 0.2) is 17.5 Å². The number of sulfonamides is 1. The summed E-state index contributed by atoms with van der Waals surface area (Å²) >= 11 is 1.61. The van der Waals surface area contributed by atoms with Gasteiger partial charge in [-0.15, -0.1) is 11.3 Å². The number of rotatable bonds is 6. The van der Waals surface area contributed by atoms with Gasteiger partial charge in [-0.3, -0.25) is 0 Å². The summed E-state index contributed by atoms with van der Waals surface area (Å²) in [5.41, 5.74) is 0. The zero-order chi connectivity index (χ0) is 14.6. The molecule has 6 heteroatoms. The molecule has 0 aromatic carbocycles. The van der Waals surface area contributed by atoms with Crippen LogP contribution < -0.4 is 5.32 Å². The highest BCUT2D eigenvalue weighted by atomic mass is 32.2. The number of thiophene rings is 1. The van der Waals surface area contributed by atoms with Gasteiger partial charge in [0, 0.05) is 17.5 Å². The van der Waals surface area contributed by atoms with Crippen LogP contribution >= 0.6 is 11.3 Å². The molecule has 1 aromatic heterocycles. The Kier molecular flexibility index (Phi) is 5.60. The topological polar surface area (TPSA) is 49.4 Å². The summed E-state index contributed by atoms with van der Waals surface area (Å²) in [5.74, 6) is 0.587. The third-order valence-corrected chi connectivity index (χ3v) is 6.75. The van der Waals surface area contributed by atoms with E-state index in [2.05, 4.69) is 5.32 Å². The van der Waals surface area contributed by atoms with Gasteiger partial charge in [0.05, 0.1) is 5.75 Å². The molecular weight excluding hydrogens is 292 g/mol. The molecule has 1 aliphatic heterocycles. The maximum atomic E-state index is 12.7. The summed E-state index contributed by atoms with van der Waals surface area (Å²) in [6.45, 7) is 6.28. The summed E-state index contributed by atoms with van der Waals surface area (Å²) in [7, 11) is -3.19. The molecule has 0 amide bonds. The molecule has 1 N–H and O–H groups in total. The predicted molar refractivity (Wildman–Crippen MR) is 84.4 cm³/mol. The van der Waals surface area contributed by atoms with Gasteiger partial charge in [0.1, 0.15) is 0 Å². The fourth-order valence-corrected chi connectivity index (χ4v) is 5.48. The van der Waals surface area contributed by atoms with Crippen molar-refractivity contribution in [2.24, 2.45) is 5.92 Å². The second-order valence-electron chi connectivity index (χ2n) is 5.69. The van der Waals surface area contributed by atoms with E-state index in [0.29, 0.717) is 12.5 Å². The van der Waals surface area contributed by atoms with Crippen LogP contribution in [0.25, 0.3) is 0 Å². The predicted octanol–water partition coefficient (Wildman–Crippen LogP) is 2.29. The summed E-state index contributed by atoms with van der Waals surface area (Å²) in [4.78, 5) is 1.10. The van der Waals surface area contributed by atoms with Crippen molar-refractivity contribution >= 4 is 21.4 Å². The van der Waals surface area contributed by atoms with E-state index in [0.717, 1.165) is 30.8 Å². The lowest BCUT2D eigenvalue weighted by atomic mass is 10.0. The van der Waals surface area contributed by atoms with Gasteiger partial charge >= 0.3 is 0 Å². The number of nitrogens with zero attached hydrogens (tertiary/aromatic N) is 1. The molecule has 1 aromatic rings. The molecular formula is C14H24N2O2S2. The Hall–Kier alpha value is -0.430. The third kappa shape index (κ3) is 4.28. The Labute approximate surface area is 126 Å². The van der Waals surface area contributed by atoms with E-state index in [9.17, 15) is 8.42 Å². The Bertz CT molecular complexity index is 491. The Morgan fingerprint density at radius 1 is 1.40 bits per heavy atom. The minimum Gasteiger partial charge on any atom is -0.317 e. The van der Waals surface area contributed by atoms with Gasteiger partial charge in [0.25, 0.3) is 0 Å². The first-order valence-electron chi connectivity index (χ1n) is 7.21. The van der Waals surface area contributed by atoms with Crippen LogP contribution in [0.3, 0.4) is 0 Å². The first kappa shape index (κ1) is 15.9. The fraction of sp³-hybridized carbons (Fsp3) is 0.714. The van der Waals surface area contributed by atoms with Crippen LogP contribution in [-0.4, -0.2) is 37.6 Å². The van der Waals surface area contributed by atoms with Crippen molar-refractivity contribution in [3.63, 3.8) is 0 Å². The highest BCUT2D eigenvalue weighted by Crippen LogP contribution is 2.21. The third-order valence-electron chi connectivity index (χ3n) is 3.73. The summed E-state index contributed by atoms with van der Waals surface area (Å²) < 4.78 is 27.0. The molecule has 1 saturated heterocycles. The van der Waals surface area contributed by atoms with E-state index in [-0.39, 0.29) is 11.8 Å². The lowest BCUT2D eigenvalue weighted by molar-refractivity contribution is 0.337. The molecule has 0 aliphatic carbocycles. The van der Waals surface area contributed by atoms with E-state index in [1.54, 1.807) is 15.6 Å². The quantitative estimate of drug-likeness (QED) is 0.876. The van der Waals surface area contributed by atoms with Crippen molar-refractivity contribution in [2.45, 2.75) is 39.3 Å². The van der Waals surface area contributed by atoms with E-state index >= 15 is 0 Å². The van der Waals surface area contributed by atoms with Gasteiger partial charge < -0.3 is 5.32 Å². The molecule has 20 heavy (non-hydrogen) atoms. The summed E-state index contributed by atoms with van der Waals surface area (Å²) in [5, 5.41) is 5.28. The maximum absolute atomic E-state index is 12.7. The van der Waals surface area contributed by atoms with Crippen molar-refractivity contribution in [2.75, 3.05) is 18.8 Å². The zero-order valence-electron chi connectivity index (χ0n) is 12.2. The van der Waals surface area contributed by atoms with Crippen molar-refractivity contribution in [3.05, 3.63) is 22.4 Å². The van der Waals surface area contributed by atoms with E-state index in [4.69, 9.17) is 0 Å². The molecule has 4 nitrogen and oxygen atoms in total. The van der Waals surface area contributed by atoms with E-state index in [1.807, 2.05) is 31.4 Å². The number of hydrogen-bond donors (Lipinski definition) is 1. The molecule has 0 atom stereocenters. The van der Waals surface area contributed by atoms with Crippen LogP contribution in [0.5, 0.6) is 0 Å². The van der Waals surface area contributed by atoms with Gasteiger partial charge in [-0.25, -0.2) is 8.42 Å². The van der Waals surface area contributed by atoms with Crippen LogP contribution in [0.4, 0.5) is 0 Å². The van der Waals surface area contributed by atoms with Crippen molar-refractivity contribution < 1.29 is 8.42 Å². The minimum absolute atomic E-state index is 0.00353. The van der Waals surface area contributed by atoms with Crippen LogP contribution in [0.2, 0.25) is 0 Å². The molecule has 2 rings (SSSR count). The first-order chi connectivity index (χ1) is 9.49. The highest BCUT2D eigenvalue weighted by molar-refractivity contribution is 7.89. The SMILES string of the molecule is CC(C)N(Cc1cccs1)S(=O)(=O)CC1CCNCC1. The normalized spacial score (nSPS) is 18.0.